The molecule has 1 aliphatic rings. The molecule has 7 heteroatoms. The van der Waals surface area contributed by atoms with Crippen LogP contribution in [0.1, 0.15) is 42.5 Å². The van der Waals surface area contributed by atoms with Crippen molar-refractivity contribution in [3.8, 4) is 5.75 Å². The Bertz CT molecular complexity index is 1040. The highest BCUT2D eigenvalue weighted by Gasteiger charge is 2.30. The zero-order valence-corrected chi connectivity index (χ0v) is 17.4. The monoisotopic (exact) mass is 393 g/mol. The molecule has 1 unspecified atom stereocenters. The molecule has 1 atom stereocenters. The third-order valence-electron chi connectivity index (χ3n) is 5.66. The minimum absolute atomic E-state index is 0.0362. The second-order valence-corrected chi connectivity index (χ2v) is 7.87. The van der Waals surface area contributed by atoms with Gasteiger partial charge in [-0.3, -0.25) is 4.79 Å². The number of amides is 1. The Kier molecular flexibility index (Phi) is 5.22. The standard InChI is InChI=1S/C22H27N5O2/c1-14-5-6-18(15(2)13-14)29-16(3)22(28)27-11-7-17(8-12-27)19-20-21(26(4)25-19)24-10-9-23-20/h5-6,9-10,13,16-17H,7-8,11-12H2,1-4H3. The van der Waals surface area contributed by atoms with Crippen LogP contribution >= 0.6 is 0 Å². The van der Waals surface area contributed by atoms with Crippen LogP contribution in [0.25, 0.3) is 11.2 Å². The van der Waals surface area contributed by atoms with Crippen molar-refractivity contribution >= 4 is 17.1 Å². The van der Waals surface area contributed by atoms with Gasteiger partial charge in [0.1, 0.15) is 11.3 Å². The van der Waals surface area contributed by atoms with E-state index in [1.54, 1.807) is 17.1 Å². The number of aromatic nitrogens is 4. The number of piperidine rings is 1. The molecule has 1 saturated heterocycles. The molecule has 3 aromatic rings. The largest absolute Gasteiger partial charge is 0.481 e. The summed E-state index contributed by atoms with van der Waals surface area (Å²) in [6, 6.07) is 6.01. The van der Waals surface area contributed by atoms with E-state index < -0.39 is 6.10 Å². The minimum Gasteiger partial charge on any atom is -0.481 e. The maximum absolute atomic E-state index is 12.9. The average molecular weight is 393 g/mol. The molecule has 4 rings (SSSR count). The van der Waals surface area contributed by atoms with E-state index in [1.165, 1.54) is 5.56 Å². The molecule has 1 amide bonds. The van der Waals surface area contributed by atoms with Gasteiger partial charge in [0.2, 0.25) is 0 Å². The molecule has 0 aliphatic carbocycles. The number of nitrogens with zero attached hydrogens (tertiary/aromatic N) is 5. The highest BCUT2D eigenvalue weighted by molar-refractivity contribution is 5.81. The molecule has 0 spiro atoms. The molecule has 0 bridgehead atoms. The summed E-state index contributed by atoms with van der Waals surface area (Å²) in [5.74, 6) is 1.09. The second kappa shape index (κ2) is 7.81. The van der Waals surface area contributed by atoms with Crippen LogP contribution in [-0.4, -0.2) is 49.7 Å². The molecule has 1 fully saturated rings. The third-order valence-corrected chi connectivity index (χ3v) is 5.66. The molecule has 3 heterocycles. The molecule has 0 saturated carbocycles. The number of ether oxygens (including phenoxy) is 1. The Labute approximate surface area is 170 Å². The number of hydrogen-bond donors (Lipinski definition) is 0. The average Bonchev–Trinajstić information content (AvgIpc) is 3.06. The van der Waals surface area contributed by atoms with E-state index in [4.69, 9.17) is 4.74 Å². The summed E-state index contributed by atoms with van der Waals surface area (Å²) in [4.78, 5) is 23.6. The van der Waals surface area contributed by atoms with Crippen molar-refractivity contribution in [3.63, 3.8) is 0 Å². The van der Waals surface area contributed by atoms with Crippen molar-refractivity contribution in [2.24, 2.45) is 7.05 Å². The minimum atomic E-state index is -0.505. The highest BCUT2D eigenvalue weighted by atomic mass is 16.5. The fraction of sp³-hybridized carbons (Fsp3) is 0.455. The number of carbonyl (C=O) groups excluding carboxylic acids is 1. The first kappa shape index (κ1) is 19.4. The van der Waals surface area contributed by atoms with Crippen LogP contribution in [0, 0.1) is 13.8 Å². The number of carbonyl (C=O) groups is 1. The number of aryl methyl sites for hydroxylation is 3. The molecule has 1 aliphatic heterocycles. The molecule has 7 nitrogen and oxygen atoms in total. The van der Waals surface area contributed by atoms with Crippen LogP contribution in [0.2, 0.25) is 0 Å². The second-order valence-electron chi connectivity index (χ2n) is 7.87. The number of rotatable bonds is 4. The van der Waals surface area contributed by atoms with Crippen LogP contribution in [0.5, 0.6) is 5.75 Å². The summed E-state index contributed by atoms with van der Waals surface area (Å²) in [7, 11) is 1.89. The summed E-state index contributed by atoms with van der Waals surface area (Å²) >= 11 is 0. The summed E-state index contributed by atoms with van der Waals surface area (Å²) in [5.41, 5.74) is 4.89. The lowest BCUT2D eigenvalue weighted by Crippen LogP contribution is -2.44. The van der Waals surface area contributed by atoms with E-state index in [1.807, 2.05) is 44.9 Å². The van der Waals surface area contributed by atoms with Crippen LogP contribution in [-0.2, 0) is 11.8 Å². The SMILES string of the molecule is Cc1ccc(OC(C)C(=O)N2CCC(c3nn(C)c4nccnc34)CC2)c(C)c1. The summed E-state index contributed by atoms with van der Waals surface area (Å²) in [6.45, 7) is 7.28. The quantitative estimate of drug-likeness (QED) is 0.681. The van der Waals surface area contributed by atoms with Gasteiger partial charge in [-0.1, -0.05) is 17.7 Å². The predicted molar refractivity (Wildman–Crippen MR) is 111 cm³/mol. The molecular formula is C22H27N5O2. The van der Waals surface area contributed by atoms with E-state index in [2.05, 4.69) is 21.1 Å². The van der Waals surface area contributed by atoms with Gasteiger partial charge in [-0.25, -0.2) is 14.6 Å². The van der Waals surface area contributed by atoms with E-state index in [0.717, 1.165) is 41.0 Å². The smallest absolute Gasteiger partial charge is 0.263 e. The van der Waals surface area contributed by atoms with E-state index in [9.17, 15) is 4.79 Å². The van der Waals surface area contributed by atoms with Crippen molar-refractivity contribution in [3.05, 3.63) is 47.4 Å². The molecular weight excluding hydrogens is 366 g/mol. The van der Waals surface area contributed by atoms with Crippen molar-refractivity contribution in [1.29, 1.82) is 0 Å². The normalized spacial score (nSPS) is 16.2. The number of fused-ring (bicyclic) bond motifs is 1. The summed E-state index contributed by atoms with van der Waals surface area (Å²) in [6.07, 6.45) is 4.62. The molecule has 2 aromatic heterocycles. The Balaban J connectivity index is 1.40. The number of benzene rings is 1. The Morgan fingerprint density at radius 1 is 1.17 bits per heavy atom. The van der Waals surface area contributed by atoms with Gasteiger partial charge in [0, 0.05) is 38.4 Å². The fourth-order valence-corrected chi connectivity index (χ4v) is 4.08. The van der Waals surface area contributed by atoms with Gasteiger partial charge >= 0.3 is 0 Å². The van der Waals surface area contributed by atoms with Gasteiger partial charge in [0.05, 0.1) is 5.69 Å². The summed E-state index contributed by atoms with van der Waals surface area (Å²) < 4.78 is 7.75. The van der Waals surface area contributed by atoms with Gasteiger partial charge in [-0.2, -0.15) is 5.10 Å². The van der Waals surface area contributed by atoms with E-state index in [0.29, 0.717) is 13.1 Å². The molecule has 152 valence electrons. The van der Waals surface area contributed by atoms with Gasteiger partial charge in [-0.05, 0) is 45.2 Å². The molecule has 29 heavy (non-hydrogen) atoms. The molecule has 0 radical (unpaired) electrons. The van der Waals surface area contributed by atoms with Gasteiger partial charge in [0.15, 0.2) is 11.8 Å². The van der Waals surface area contributed by atoms with Crippen LogP contribution in [0.3, 0.4) is 0 Å². The number of hydrogen-bond acceptors (Lipinski definition) is 5. The van der Waals surface area contributed by atoms with Crippen molar-refractivity contribution < 1.29 is 9.53 Å². The zero-order valence-electron chi connectivity index (χ0n) is 17.4. The Morgan fingerprint density at radius 3 is 2.62 bits per heavy atom. The van der Waals surface area contributed by atoms with Crippen molar-refractivity contribution in [2.75, 3.05) is 13.1 Å². The van der Waals surface area contributed by atoms with Crippen LogP contribution in [0.15, 0.2) is 30.6 Å². The lowest BCUT2D eigenvalue weighted by atomic mass is 9.93. The lowest BCUT2D eigenvalue weighted by Gasteiger charge is -2.33. The highest BCUT2D eigenvalue weighted by Crippen LogP contribution is 2.31. The number of likely N-dealkylation sites (tertiary alicyclic amines) is 1. The maximum Gasteiger partial charge on any atom is 0.263 e. The Hall–Kier alpha value is -2.96. The first-order valence-corrected chi connectivity index (χ1v) is 10.1. The first-order chi connectivity index (χ1) is 13.9. The summed E-state index contributed by atoms with van der Waals surface area (Å²) in [5, 5.41) is 4.65. The maximum atomic E-state index is 12.9. The first-order valence-electron chi connectivity index (χ1n) is 10.1. The third kappa shape index (κ3) is 3.81. The van der Waals surface area contributed by atoms with Gasteiger partial charge < -0.3 is 9.64 Å². The van der Waals surface area contributed by atoms with Crippen molar-refractivity contribution in [1.82, 2.24) is 24.6 Å². The molecule has 1 aromatic carbocycles. The fourth-order valence-electron chi connectivity index (χ4n) is 4.08. The molecule has 0 N–H and O–H groups in total. The Morgan fingerprint density at radius 2 is 1.90 bits per heavy atom. The van der Waals surface area contributed by atoms with Crippen LogP contribution < -0.4 is 4.74 Å². The van der Waals surface area contributed by atoms with Gasteiger partial charge in [0.25, 0.3) is 5.91 Å². The van der Waals surface area contributed by atoms with Crippen LogP contribution in [0.4, 0.5) is 0 Å². The van der Waals surface area contributed by atoms with Gasteiger partial charge in [-0.15, -0.1) is 0 Å². The van der Waals surface area contributed by atoms with E-state index in [-0.39, 0.29) is 11.8 Å². The van der Waals surface area contributed by atoms with Crippen molar-refractivity contribution in [2.45, 2.75) is 45.6 Å². The predicted octanol–water partition coefficient (Wildman–Crippen LogP) is 3.15. The zero-order chi connectivity index (χ0) is 20.5. The topological polar surface area (TPSA) is 73.1 Å². The van der Waals surface area contributed by atoms with E-state index >= 15 is 0 Å². The lowest BCUT2D eigenvalue weighted by molar-refractivity contribution is -0.139.